The highest BCUT2D eigenvalue weighted by Crippen LogP contribution is 2.19. The molecule has 0 aromatic carbocycles. The molecule has 0 aliphatic heterocycles. The van der Waals surface area contributed by atoms with Crippen molar-refractivity contribution in [2.45, 2.75) is 399 Å². The average molecular weight is 1330 g/mol. The predicted molar refractivity (Wildman–Crippen MR) is 408 cm³/mol. The van der Waals surface area contributed by atoms with Gasteiger partial charge in [-0.3, -0.25) is 9.59 Å². The topological polar surface area (TPSA) is 111 Å². The molecule has 0 saturated carbocycles. The van der Waals surface area contributed by atoms with E-state index in [1.165, 1.54) is 283 Å². The minimum atomic E-state index is -1.62. The van der Waals surface area contributed by atoms with Crippen molar-refractivity contribution in [1.29, 1.82) is 0 Å². The molecule has 0 spiro atoms. The van der Waals surface area contributed by atoms with Crippen molar-refractivity contribution >= 4 is 17.9 Å². The molecule has 0 fully saturated rings. The fraction of sp³-hybridized carbons (Fsp3) is 0.802. The average Bonchev–Trinajstić information content (AvgIpc) is 2.92. The number of carbonyl (C=O) groups is 3. The van der Waals surface area contributed by atoms with Gasteiger partial charge in [0.05, 0.1) is 40.3 Å². The van der Waals surface area contributed by atoms with Crippen LogP contribution in [-0.2, 0) is 33.3 Å². The van der Waals surface area contributed by atoms with E-state index in [1.807, 2.05) is 21.1 Å². The maximum absolute atomic E-state index is 13.0. The number of likely N-dealkylation sites (N-methyl/N-ethyl adjacent to an activating group) is 1. The zero-order valence-corrected chi connectivity index (χ0v) is 63.3. The number of carboxylic acid groups (broad SMARTS) is 1. The molecule has 0 amide bonds. The summed E-state index contributed by atoms with van der Waals surface area (Å²) in [6.45, 7) is 4.68. The number of unbranched alkanes of at least 4 members (excludes halogenated alkanes) is 47. The number of hydrogen-bond acceptors (Lipinski definition) is 8. The monoisotopic (exact) mass is 1330 g/mol. The summed E-state index contributed by atoms with van der Waals surface area (Å²) in [6, 6.07) is 0. The first-order valence-corrected chi connectivity index (χ1v) is 40.7. The number of ether oxygens (including phenoxy) is 4. The molecule has 0 N–H and O–H groups in total. The molecular formula is C86H155NO8. The van der Waals surface area contributed by atoms with E-state index in [-0.39, 0.29) is 32.2 Å². The summed E-state index contributed by atoms with van der Waals surface area (Å²) >= 11 is 0. The lowest BCUT2D eigenvalue weighted by Crippen LogP contribution is -2.44. The molecule has 0 aromatic rings. The van der Waals surface area contributed by atoms with E-state index >= 15 is 0 Å². The van der Waals surface area contributed by atoms with Crippen LogP contribution in [0.1, 0.15) is 386 Å². The van der Waals surface area contributed by atoms with E-state index in [0.717, 1.165) is 70.6 Å². The number of hydrogen-bond donors (Lipinski definition) is 0. The lowest BCUT2D eigenvalue weighted by atomic mass is 10.0. The first-order valence-electron chi connectivity index (χ1n) is 40.7. The van der Waals surface area contributed by atoms with Crippen molar-refractivity contribution in [3.05, 3.63) is 85.1 Å². The molecule has 0 aliphatic rings. The van der Waals surface area contributed by atoms with Gasteiger partial charge in [-0.25, -0.2) is 0 Å². The quantitative estimate of drug-likeness (QED) is 0.0195. The number of allylic oxidation sites excluding steroid dienone is 14. The van der Waals surface area contributed by atoms with Crippen molar-refractivity contribution in [2.24, 2.45) is 0 Å². The van der Waals surface area contributed by atoms with Crippen LogP contribution in [0.15, 0.2) is 85.1 Å². The molecule has 2 atom stereocenters. The van der Waals surface area contributed by atoms with Crippen LogP contribution < -0.4 is 5.11 Å². The highest BCUT2D eigenvalue weighted by atomic mass is 16.7. The van der Waals surface area contributed by atoms with Crippen molar-refractivity contribution in [3.8, 4) is 0 Å². The van der Waals surface area contributed by atoms with Crippen molar-refractivity contribution < 1.29 is 42.9 Å². The molecule has 9 nitrogen and oxygen atoms in total. The number of carboxylic acids is 1. The Morgan fingerprint density at radius 1 is 0.326 bits per heavy atom. The first-order chi connectivity index (χ1) is 46.6. The van der Waals surface area contributed by atoms with E-state index in [4.69, 9.17) is 18.9 Å². The second-order valence-corrected chi connectivity index (χ2v) is 28.7. The zero-order valence-electron chi connectivity index (χ0n) is 63.3. The third kappa shape index (κ3) is 77.7. The molecule has 2 unspecified atom stereocenters. The van der Waals surface area contributed by atoms with Gasteiger partial charge in [0.1, 0.15) is 13.2 Å². The summed E-state index contributed by atoms with van der Waals surface area (Å²) in [4.78, 5) is 37.6. The normalized spacial score (nSPS) is 13.1. The molecule has 95 heavy (non-hydrogen) atoms. The number of carbonyl (C=O) groups excluding carboxylic acids is 3. The summed E-state index contributed by atoms with van der Waals surface area (Å²) in [6.07, 6.45) is 101. The number of rotatable bonds is 76. The van der Waals surface area contributed by atoms with Gasteiger partial charge in [0.2, 0.25) is 0 Å². The van der Waals surface area contributed by atoms with Gasteiger partial charge in [-0.2, -0.15) is 0 Å². The van der Waals surface area contributed by atoms with E-state index in [2.05, 4.69) is 98.9 Å². The third-order valence-electron chi connectivity index (χ3n) is 18.1. The Morgan fingerprint density at radius 2 is 0.600 bits per heavy atom. The summed E-state index contributed by atoms with van der Waals surface area (Å²) in [5.74, 6) is -2.26. The number of aliphatic carboxylic acids is 1. The van der Waals surface area contributed by atoms with Crippen LogP contribution >= 0.6 is 0 Å². The number of nitrogens with zero attached hydrogens (tertiary/aromatic N) is 1. The molecule has 0 aliphatic carbocycles. The SMILES string of the molecule is CC/C=C\C/C=C\C/C=C\C/C=C\C/C=C\CCCCCCCCCCCCCCCCCCCCCCCCCC(=O)OC(COC(=O)CCCCCCCCCCCCCCCCCCCCC/C=C\C/C=C\CCCCCCC)COC(OCC[N+](C)(C)C)C(=O)[O-]. The molecule has 0 saturated heterocycles. The van der Waals surface area contributed by atoms with Gasteiger partial charge in [0.15, 0.2) is 12.4 Å². The van der Waals surface area contributed by atoms with Crippen molar-refractivity contribution in [3.63, 3.8) is 0 Å². The van der Waals surface area contributed by atoms with Crippen molar-refractivity contribution in [2.75, 3.05) is 47.5 Å². The smallest absolute Gasteiger partial charge is 0.306 e. The van der Waals surface area contributed by atoms with Gasteiger partial charge >= 0.3 is 11.9 Å². The van der Waals surface area contributed by atoms with Crippen LogP contribution in [0.5, 0.6) is 0 Å². The van der Waals surface area contributed by atoms with Gasteiger partial charge in [0.25, 0.3) is 0 Å². The molecule has 0 radical (unpaired) electrons. The van der Waals surface area contributed by atoms with E-state index in [9.17, 15) is 19.5 Å². The maximum atomic E-state index is 13.0. The van der Waals surface area contributed by atoms with Gasteiger partial charge in [-0.15, -0.1) is 0 Å². The Kier molecular flexibility index (Phi) is 73.4. The second kappa shape index (κ2) is 76.2. The minimum absolute atomic E-state index is 0.149. The highest BCUT2D eigenvalue weighted by Gasteiger charge is 2.22. The van der Waals surface area contributed by atoms with E-state index in [1.54, 1.807) is 0 Å². The number of esters is 2. The van der Waals surface area contributed by atoms with Gasteiger partial charge < -0.3 is 33.3 Å². The van der Waals surface area contributed by atoms with Crippen LogP contribution in [0.25, 0.3) is 0 Å². The fourth-order valence-electron chi connectivity index (χ4n) is 12.0. The molecular weight excluding hydrogens is 1170 g/mol. The Balaban J connectivity index is 3.97. The van der Waals surface area contributed by atoms with Crippen LogP contribution in [0, 0.1) is 0 Å². The summed E-state index contributed by atoms with van der Waals surface area (Å²) in [7, 11) is 5.95. The predicted octanol–water partition coefficient (Wildman–Crippen LogP) is 24.8. The Morgan fingerprint density at radius 3 is 0.895 bits per heavy atom. The molecule has 9 heteroatoms. The standard InChI is InChI=1S/C86H155NO8/c1-6-8-10-12-14-16-18-20-22-24-26-28-30-32-34-36-38-39-40-41-42-43-44-45-47-49-51-53-55-57-59-61-63-65-67-69-71-73-75-77-84(89)95-82(81-94-86(85(90)91)92-79-78-87(3,4)5)80-93-83(88)76-74-72-70-68-66-64-62-60-58-56-54-52-50-48-46-37-35-33-31-29-27-25-23-21-19-17-15-13-11-9-7-2/h8,10,14,16,19-22,25-28,32,34,82,86H,6-7,9,11-13,15,17-18,23-24,29-31,33,35-81H2,1-5H3/b10-8-,16-14-,21-19-,22-20-,27-25-,28-26-,34-32-. The molecule has 552 valence electrons. The molecule has 0 bridgehead atoms. The lowest BCUT2D eigenvalue weighted by Gasteiger charge is -2.26. The van der Waals surface area contributed by atoms with Gasteiger partial charge in [-0.1, -0.05) is 369 Å². The summed E-state index contributed by atoms with van der Waals surface area (Å²) < 4.78 is 22.9. The molecule has 0 heterocycles. The number of quaternary nitrogens is 1. The summed E-state index contributed by atoms with van der Waals surface area (Å²) in [5.41, 5.74) is 0. The summed E-state index contributed by atoms with van der Waals surface area (Å²) in [5, 5.41) is 11.9. The van der Waals surface area contributed by atoms with Crippen LogP contribution in [0.4, 0.5) is 0 Å². The Hall–Kier alpha value is -3.53. The Labute approximate surface area is 589 Å². The van der Waals surface area contributed by atoms with Gasteiger partial charge in [-0.05, 0) is 89.9 Å². The third-order valence-corrected chi connectivity index (χ3v) is 18.1. The van der Waals surface area contributed by atoms with E-state index < -0.39 is 24.3 Å². The van der Waals surface area contributed by atoms with Crippen molar-refractivity contribution in [1.82, 2.24) is 0 Å². The second-order valence-electron chi connectivity index (χ2n) is 28.7. The Bertz CT molecular complexity index is 1840. The lowest BCUT2D eigenvalue weighted by molar-refractivity contribution is -0.870. The van der Waals surface area contributed by atoms with Crippen LogP contribution in [-0.4, -0.2) is 82.3 Å². The minimum Gasteiger partial charge on any atom is -0.545 e. The fourth-order valence-corrected chi connectivity index (χ4v) is 12.0. The highest BCUT2D eigenvalue weighted by molar-refractivity contribution is 5.70. The maximum Gasteiger partial charge on any atom is 0.306 e. The molecule has 0 aromatic heterocycles. The molecule has 0 rings (SSSR count). The van der Waals surface area contributed by atoms with Crippen LogP contribution in [0.2, 0.25) is 0 Å². The zero-order chi connectivity index (χ0) is 69.0. The van der Waals surface area contributed by atoms with E-state index in [0.29, 0.717) is 23.9 Å². The largest absolute Gasteiger partial charge is 0.545 e. The van der Waals surface area contributed by atoms with Crippen LogP contribution in [0.3, 0.4) is 0 Å². The van der Waals surface area contributed by atoms with Gasteiger partial charge in [0, 0.05) is 12.8 Å². The first kappa shape index (κ1) is 91.5.